The van der Waals surface area contributed by atoms with Crippen LogP contribution in [0, 0.1) is 0 Å². The van der Waals surface area contributed by atoms with Gasteiger partial charge in [0.15, 0.2) is 0 Å². The van der Waals surface area contributed by atoms with E-state index in [1.807, 2.05) is 18.2 Å². The number of rotatable bonds is 0. The van der Waals surface area contributed by atoms with E-state index >= 15 is 0 Å². The summed E-state index contributed by atoms with van der Waals surface area (Å²) in [5, 5.41) is 0. The minimum atomic E-state index is -0.751. The number of aromatic nitrogens is 1. The second-order valence-electron chi connectivity index (χ2n) is 8.04. The van der Waals surface area contributed by atoms with Crippen molar-refractivity contribution in [2.75, 3.05) is 0 Å². The summed E-state index contributed by atoms with van der Waals surface area (Å²) in [5.74, 6) is 2.68. The minimum Gasteiger partial charge on any atom is -0.470 e. The van der Waals surface area contributed by atoms with Crippen LogP contribution in [0.1, 0.15) is 24.1 Å². The quantitative estimate of drug-likeness (QED) is 0.355. The minimum absolute atomic E-state index is 0.751. The van der Waals surface area contributed by atoms with Gasteiger partial charge >= 0.3 is 0 Å². The average Bonchev–Trinajstić information content (AvgIpc) is 3.20. The first-order valence-electron chi connectivity index (χ1n) is 10.4. The lowest BCUT2D eigenvalue weighted by atomic mass is 9.74. The molecule has 0 N–H and O–H groups in total. The average molecular weight is 389 g/mol. The molecule has 3 nitrogen and oxygen atoms in total. The van der Waals surface area contributed by atoms with Crippen molar-refractivity contribution in [3.05, 3.63) is 114 Å². The van der Waals surface area contributed by atoms with Crippen LogP contribution in [-0.4, -0.2) is 4.40 Å². The zero-order valence-electron chi connectivity index (χ0n) is 16.3. The molecule has 144 valence electrons. The summed E-state index contributed by atoms with van der Waals surface area (Å²) < 4.78 is 15.7. The van der Waals surface area contributed by atoms with Crippen LogP contribution in [0.4, 0.5) is 0 Å². The topological polar surface area (TPSA) is 22.9 Å². The van der Waals surface area contributed by atoms with Crippen LogP contribution in [0.25, 0.3) is 16.6 Å². The van der Waals surface area contributed by atoms with E-state index in [1.54, 1.807) is 0 Å². The maximum absolute atomic E-state index is 7.04. The summed E-state index contributed by atoms with van der Waals surface area (Å²) in [6.07, 6.45) is 8.60. The fourth-order valence-electron chi connectivity index (χ4n) is 5.22. The predicted octanol–water partition coefficient (Wildman–Crippen LogP) is 6.24. The fourth-order valence-corrected chi connectivity index (χ4v) is 5.22. The maximum Gasteiger partial charge on any atom is 0.207 e. The van der Waals surface area contributed by atoms with Crippen LogP contribution in [0.3, 0.4) is 0 Å². The number of ether oxygens (including phenoxy) is 2. The van der Waals surface area contributed by atoms with Gasteiger partial charge in [-0.25, -0.2) is 0 Å². The molecule has 3 heteroatoms. The van der Waals surface area contributed by atoms with E-state index in [9.17, 15) is 0 Å². The van der Waals surface area contributed by atoms with Gasteiger partial charge in [-0.2, -0.15) is 0 Å². The van der Waals surface area contributed by atoms with Gasteiger partial charge in [-0.15, -0.1) is 0 Å². The Bertz CT molecular complexity index is 1410. The third kappa shape index (κ3) is 1.90. The first-order valence-corrected chi connectivity index (χ1v) is 10.4. The Kier molecular flexibility index (Phi) is 3.04. The highest BCUT2D eigenvalue weighted by Gasteiger charge is 2.53. The molecule has 0 saturated carbocycles. The van der Waals surface area contributed by atoms with Gasteiger partial charge in [-0.05, 0) is 49.2 Å². The van der Waals surface area contributed by atoms with Crippen molar-refractivity contribution < 1.29 is 9.47 Å². The predicted molar refractivity (Wildman–Crippen MR) is 117 cm³/mol. The molecular formula is C27H19NO2. The molecule has 1 atom stereocenters. The van der Waals surface area contributed by atoms with E-state index in [4.69, 9.17) is 9.47 Å². The lowest BCUT2D eigenvalue weighted by molar-refractivity contribution is 0.121. The van der Waals surface area contributed by atoms with Gasteiger partial charge in [0, 0.05) is 34.0 Å². The zero-order valence-corrected chi connectivity index (χ0v) is 16.3. The normalized spacial score (nSPS) is 20.8. The molecule has 4 heterocycles. The lowest BCUT2D eigenvalue weighted by Crippen LogP contribution is -2.44. The van der Waals surface area contributed by atoms with Crippen molar-refractivity contribution in [1.29, 1.82) is 0 Å². The molecule has 0 radical (unpaired) electrons. The number of allylic oxidation sites excluding steroid dienone is 2. The van der Waals surface area contributed by atoms with Crippen LogP contribution in [0.2, 0.25) is 0 Å². The third-order valence-electron chi connectivity index (χ3n) is 6.43. The monoisotopic (exact) mass is 389 g/mol. The van der Waals surface area contributed by atoms with Crippen LogP contribution < -0.4 is 9.47 Å². The summed E-state index contributed by atoms with van der Waals surface area (Å²) in [6.45, 7) is 0. The molecule has 1 unspecified atom stereocenters. The number of benzene rings is 2. The van der Waals surface area contributed by atoms with E-state index in [1.165, 1.54) is 5.56 Å². The SMILES string of the molecule is C1=C2Oc3ccccc3C3(Oc4ccccc4-c4cc5ccccn5c43)C2=CCC1. The Morgan fingerprint density at radius 1 is 0.767 bits per heavy atom. The number of fused-ring (bicyclic) bond motifs is 10. The van der Waals surface area contributed by atoms with E-state index in [0.717, 1.165) is 58.0 Å². The number of hydrogen-bond acceptors (Lipinski definition) is 2. The first-order chi connectivity index (χ1) is 14.9. The molecule has 2 aliphatic heterocycles. The Balaban J connectivity index is 1.69. The molecule has 30 heavy (non-hydrogen) atoms. The molecule has 0 amide bonds. The molecule has 0 fully saturated rings. The summed E-state index contributed by atoms with van der Waals surface area (Å²) >= 11 is 0. The lowest BCUT2D eigenvalue weighted by Gasteiger charge is -2.45. The molecule has 7 rings (SSSR count). The zero-order chi connectivity index (χ0) is 19.7. The maximum atomic E-state index is 7.04. The Labute approximate surface area is 174 Å². The molecule has 1 aliphatic carbocycles. The Morgan fingerprint density at radius 2 is 1.57 bits per heavy atom. The molecule has 3 aliphatic rings. The van der Waals surface area contributed by atoms with Gasteiger partial charge in [0.2, 0.25) is 5.60 Å². The van der Waals surface area contributed by atoms with Crippen molar-refractivity contribution in [2.24, 2.45) is 0 Å². The Morgan fingerprint density at radius 3 is 2.53 bits per heavy atom. The second kappa shape index (κ2) is 5.67. The number of pyridine rings is 1. The Hall–Kier alpha value is -3.72. The second-order valence-corrected chi connectivity index (χ2v) is 8.04. The fraction of sp³-hybridized carbons (Fsp3) is 0.111. The smallest absolute Gasteiger partial charge is 0.207 e. The van der Waals surface area contributed by atoms with Crippen molar-refractivity contribution in [2.45, 2.75) is 18.4 Å². The van der Waals surface area contributed by atoms with E-state index in [0.29, 0.717) is 0 Å². The van der Waals surface area contributed by atoms with Crippen molar-refractivity contribution in [1.82, 2.24) is 4.40 Å². The van der Waals surface area contributed by atoms with E-state index in [2.05, 4.69) is 77.3 Å². The van der Waals surface area contributed by atoms with Gasteiger partial charge < -0.3 is 13.9 Å². The molecular weight excluding hydrogens is 370 g/mol. The van der Waals surface area contributed by atoms with Gasteiger partial charge in [0.05, 0.1) is 5.69 Å². The van der Waals surface area contributed by atoms with Crippen LogP contribution in [-0.2, 0) is 5.60 Å². The number of hydrogen-bond donors (Lipinski definition) is 0. The number of nitrogens with zero attached hydrogens (tertiary/aromatic N) is 1. The number of para-hydroxylation sites is 2. The summed E-state index contributed by atoms with van der Waals surface area (Å²) in [7, 11) is 0. The van der Waals surface area contributed by atoms with Gasteiger partial charge in [0.25, 0.3) is 0 Å². The largest absolute Gasteiger partial charge is 0.470 e. The summed E-state index contributed by atoms with van der Waals surface area (Å²) in [4.78, 5) is 0. The van der Waals surface area contributed by atoms with Gasteiger partial charge in [-0.1, -0.05) is 48.5 Å². The van der Waals surface area contributed by atoms with E-state index in [-0.39, 0.29) is 0 Å². The van der Waals surface area contributed by atoms with Gasteiger partial charge in [0.1, 0.15) is 17.3 Å². The summed E-state index contributed by atoms with van der Waals surface area (Å²) in [5.41, 5.74) is 6.05. The van der Waals surface area contributed by atoms with Crippen molar-refractivity contribution >= 4 is 5.52 Å². The van der Waals surface area contributed by atoms with Gasteiger partial charge in [-0.3, -0.25) is 0 Å². The van der Waals surface area contributed by atoms with Crippen LogP contribution in [0.5, 0.6) is 11.5 Å². The molecule has 2 aromatic heterocycles. The first kappa shape index (κ1) is 16.1. The molecule has 2 aromatic carbocycles. The highest BCUT2D eigenvalue weighted by molar-refractivity contribution is 5.84. The van der Waals surface area contributed by atoms with Crippen molar-refractivity contribution in [3.8, 4) is 22.6 Å². The highest BCUT2D eigenvalue weighted by Crippen LogP contribution is 2.58. The van der Waals surface area contributed by atoms with Crippen LogP contribution in [0.15, 0.2) is 102 Å². The van der Waals surface area contributed by atoms with Crippen LogP contribution >= 0.6 is 0 Å². The molecule has 0 bridgehead atoms. The molecule has 0 saturated heterocycles. The summed E-state index contributed by atoms with van der Waals surface area (Å²) in [6, 6.07) is 25.2. The highest BCUT2D eigenvalue weighted by atomic mass is 16.5. The third-order valence-corrected chi connectivity index (χ3v) is 6.43. The molecule has 1 spiro atoms. The molecule has 4 aromatic rings. The standard InChI is InChI=1S/C27H19NO2/c1-4-13-23-19(10-1)20-17-18-9-7-8-16-28(18)26(20)27(30-23)21-11-2-5-14-24(21)29-25-15-6-3-12-22(25)27/h1-2,4-5,7-17H,3,6H2. The van der Waals surface area contributed by atoms with Crippen molar-refractivity contribution in [3.63, 3.8) is 0 Å². The van der Waals surface area contributed by atoms with E-state index < -0.39 is 5.60 Å².